The molecule has 0 amide bonds. The third kappa shape index (κ3) is 2.04. The molecule has 0 spiro atoms. The minimum absolute atomic E-state index is 0.104. The van der Waals surface area contributed by atoms with Crippen molar-refractivity contribution in [2.45, 2.75) is 12.5 Å². The Morgan fingerprint density at radius 1 is 1.19 bits per heavy atom. The average molecular weight is 283 g/mol. The van der Waals surface area contributed by atoms with E-state index in [1.807, 2.05) is 0 Å². The summed E-state index contributed by atoms with van der Waals surface area (Å²) in [5.74, 6) is 0. The Hall–Kier alpha value is -0.380. The van der Waals surface area contributed by atoms with Gasteiger partial charge in [-0.25, -0.2) is 0 Å². The summed E-state index contributed by atoms with van der Waals surface area (Å²) in [6.45, 7) is 5.67. The second kappa shape index (κ2) is 4.47. The van der Waals surface area contributed by atoms with E-state index in [0.717, 1.165) is 19.6 Å². The van der Waals surface area contributed by atoms with E-state index in [9.17, 15) is 0 Å². The van der Waals surface area contributed by atoms with Crippen LogP contribution in [0.1, 0.15) is 12.5 Å². The number of likely N-dealkylation sites (N-methyl/N-ethyl adjacent to an activating group) is 2. The lowest BCUT2D eigenvalue weighted by Gasteiger charge is -2.47. The summed E-state index contributed by atoms with van der Waals surface area (Å²) in [4.78, 5) is 4.85. The topological polar surface area (TPSA) is 6.48 Å². The molecule has 0 saturated carbocycles. The molecule has 1 aliphatic heterocycles. The molecule has 1 aromatic carbocycles. The van der Waals surface area contributed by atoms with Gasteiger partial charge in [-0.3, -0.25) is 4.90 Å². The number of nitrogens with zero attached hydrogens (tertiary/aromatic N) is 2. The summed E-state index contributed by atoms with van der Waals surface area (Å²) < 4.78 is 1.21. The van der Waals surface area contributed by atoms with Gasteiger partial charge in [0.05, 0.1) is 5.54 Å². The molecule has 88 valence electrons. The number of rotatable bonds is 1. The van der Waals surface area contributed by atoms with Crippen LogP contribution in [0.3, 0.4) is 0 Å². The molecule has 2 nitrogen and oxygen atoms in total. The fourth-order valence-corrected chi connectivity index (χ4v) is 3.19. The largest absolute Gasteiger partial charge is 0.303 e. The lowest BCUT2D eigenvalue weighted by Crippen LogP contribution is -2.56. The molecule has 1 heterocycles. The minimum Gasteiger partial charge on any atom is -0.303 e. The van der Waals surface area contributed by atoms with Gasteiger partial charge in [-0.05, 0) is 32.6 Å². The van der Waals surface area contributed by atoms with Gasteiger partial charge >= 0.3 is 0 Å². The zero-order valence-corrected chi connectivity index (χ0v) is 11.8. The van der Waals surface area contributed by atoms with Crippen LogP contribution in [0.5, 0.6) is 0 Å². The van der Waals surface area contributed by atoms with Crippen molar-refractivity contribution in [1.29, 1.82) is 0 Å². The molecule has 1 aromatic rings. The zero-order valence-electron chi connectivity index (χ0n) is 10.2. The van der Waals surface area contributed by atoms with Gasteiger partial charge in [0.15, 0.2) is 0 Å². The lowest BCUT2D eigenvalue weighted by atomic mass is 9.88. The van der Waals surface area contributed by atoms with Crippen LogP contribution >= 0.6 is 15.9 Å². The second-order valence-corrected chi connectivity index (χ2v) is 5.77. The second-order valence-electron chi connectivity index (χ2n) is 4.91. The van der Waals surface area contributed by atoms with Crippen molar-refractivity contribution in [2.24, 2.45) is 0 Å². The van der Waals surface area contributed by atoms with Crippen LogP contribution in [0.25, 0.3) is 0 Å². The normalized spacial score (nSPS) is 28.2. The third-order valence-electron chi connectivity index (χ3n) is 3.69. The first-order valence-electron chi connectivity index (χ1n) is 5.69. The van der Waals surface area contributed by atoms with Crippen molar-refractivity contribution in [1.82, 2.24) is 9.80 Å². The first-order valence-corrected chi connectivity index (χ1v) is 6.48. The minimum atomic E-state index is 0.104. The molecule has 0 N–H and O–H groups in total. The highest BCUT2D eigenvalue weighted by Gasteiger charge is 2.36. The Kier molecular flexibility index (Phi) is 3.38. The number of halogens is 1. The van der Waals surface area contributed by atoms with Crippen LogP contribution in [0.4, 0.5) is 0 Å². The van der Waals surface area contributed by atoms with Crippen LogP contribution in [-0.4, -0.2) is 43.5 Å². The molecule has 1 unspecified atom stereocenters. The summed E-state index contributed by atoms with van der Waals surface area (Å²) in [5.41, 5.74) is 1.48. The van der Waals surface area contributed by atoms with Crippen molar-refractivity contribution in [3.63, 3.8) is 0 Å². The molecule has 1 atom stereocenters. The van der Waals surface area contributed by atoms with E-state index in [1.54, 1.807) is 0 Å². The molecule has 3 heteroatoms. The maximum absolute atomic E-state index is 3.67. The molecule has 0 radical (unpaired) electrons. The van der Waals surface area contributed by atoms with E-state index in [0.29, 0.717) is 0 Å². The van der Waals surface area contributed by atoms with E-state index in [-0.39, 0.29) is 5.54 Å². The summed E-state index contributed by atoms with van der Waals surface area (Å²) >= 11 is 3.67. The van der Waals surface area contributed by atoms with Crippen LogP contribution in [0.15, 0.2) is 28.7 Å². The molecule has 1 saturated heterocycles. The Morgan fingerprint density at radius 2 is 1.88 bits per heavy atom. The predicted octanol–water partition coefficient (Wildman–Crippen LogP) is 2.54. The SMILES string of the molecule is CN1CCN(C)C(C)(c2ccccc2Br)C1. The van der Waals surface area contributed by atoms with E-state index in [2.05, 4.69) is 71.0 Å². The predicted molar refractivity (Wildman–Crippen MR) is 71.6 cm³/mol. The maximum Gasteiger partial charge on any atom is 0.0568 e. The third-order valence-corrected chi connectivity index (χ3v) is 4.38. The van der Waals surface area contributed by atoms with Crippen molar-refractivity contribution < 1.29 is 0 Å². The fraction of sp³-hybridized carbons (Fsp3) is 0.538. The van der Waals surface area contributed by atoms with E-state index in [1.165, 1.54) is 10.0 Å². The standard InChI is InChI=1S/C13H19BrN2/c1-13(10-15(2)8-9-16(13)3)11-6-4-5-7-12(11)14/h4-7H,8-10H2,1-3H3. The van der Waals surface area contributed by atoms with Crippen LogP contribution in [-0.2, 0) is 5.54 Å². The molecular weight excluding hydrogens is 264 g/mol. The number of benzene rings is 1. The Morgan fingerprint density at radius 3 is 2.56 bits per heavy atom. The monoisotopic (exact) mass is 282 g/mol. The lowest BCUT2D eigenvalue weighted by molar-refractivity contribution is 0.0375. The Labute approximate surface area is 106 Å². The smallest absolute Gasteiger partial charge is 0.0568 e. The van der Waals surface area contributed by atoms with Gasteiger partial charge < -0.3 is 4.90 Å². The fourth-order valence-electron chi connectivity index (χ4n) is 2.48. The van der Waals surface area contributed by atoms with Crippen molar-refractivity contribution >= 4 is 15.9 Å². The highest BCUT2D eigenvalue weighted by Crippen LogP contribution is 2.34. The summed E-state index contributed by atoms with van der Waals surface area (Å²) in [5, 5.41) is 0. The zero-order chi connectivity index (χ0) is 11.8. The van der Waals surface area contributed by atoms with Crippen LogP contribution < -0.4 is 0 Å². The van der Waals surface area contributed by atoms with Gasteiger partial charge in [0.25, 0.3) is 0 Å². The van der Waals surface area contributed by atoms with Gasteiger partial charge in [0.2, 0.25) is 0 Å². The molecule has 0 aliphatic carbocycles. The van der Waals surface area contributed by atoms with Crippen molar-refractivity contribution in [3.05, 3.63) is 34.3 Å². The van der Waals surface area contributed by atoms with Gasteiger partial charge in [-0.2, -0.15) is 0 Å². The molecule has 1 aliphatic rings. The molecule has 2 rings (SSSR count). The molecule has 16 heavy (non-hydrogen) atoms. The van der Waals surface area contributed by atoms with Gasteiger partial charge in [0, 0.05) is 24.1 Å². The van der Waals surface area contributed by atoms with E-state index >= 15 is 0 Å². The molecule has 0 bridgehead atoms. The summed E-state index contributed by atoms with van der Waals surface area (Å²) in [7, 11) is 4.41. The van der Waals surface area contributed by atoms with Crippen LogP contribution in [0.2, 0.25) is 0 Å². The van der Waals surface area contributed by atoms with Crippen molar-refractivity contribution in [2.75, 3.05) is 33.7 Å². The molecular formula is C13H19BrN2. The van der Waals surface area contributed by atoms with Gasteiger partial charge in [-0.1, -0.05) is 34.1 Å². The van der Waals surface area contributed by atoms with Gasteiger partial charge in [-0.15, -0.1) is 0 Å². The summed E-state index contributed by atoms with van der Waals surface area (Å²) in [6, 6.07) is 8.54. The maximum atomic E-state index is 3.67. The highest BCUT2D eigenvalue weighted by atomic mass is 79.9. The van der Waals surface area contributed by atoms with Crippen LogP contribution in [0, 0.1) is 0 Å². The first kappa shape index (κ1) is 12.1. The first-order chi connectivity index (χ1) is 7.54. The van der Waals surface area contributed by atoms with Crippen molar-refractivity contribution in [3.8, 4) is 0 Å². The number of hydrogen-bond acceptors (Lipinski definition) is 2. The number of piperazine rings is 1. The Balaban J connectivity index is 2.40. The molecule has 1 fully saturated rings. The highest BCUT2D eigenvalue weighted by molar-refractivity contribution is 9.10. The Bertz CT molecular complexity index is 380. The van der Waals surface area contributed by atoms with Gasteiger partial charge in [0.1, 0.15) is 0 Å². The average Bonchev–Trinajstić information content (AvgIpc) is 2.24. The molecule has 0 aromatic heterocycles. The van der Waals surface area contributed by atoms with E-state index < -0.39 is 0 Å². The quantitative estimate of drug-likeness (QED) is 0.781. The van der Waals surface area contributed by atoms with E-state index in [4.69, 9.17) is 0 Å². The summed E-state index contributed by atoms with van der Waals surface area (Å²) in [6.07, 6.45) is 0. The number of hydrogen-bond donors (Lipinski definition) is 0.